The fourth-order valence-corrected chi connectivity index (χ4v) is 1.85. The summed E-state index contributed by atoms with van der Waals surface area (Å²) in [7, 11) is 0. The van der Waals surface area contributed by atoms with Gasteiger partial charge in [-0.2, -0.15) is 0 Å². The first-order valence-electron chi connectivity index (χ1n) is 5.94. The number of benzene rings is 1. The number of hydrogen-bond donors (Lipinski definition) is 2. The molecule has 2 aromatic rings. The van der Waals surface area contributed by atoms with E-state index in [2.05, 4.69) is 5.32 Å². The Labute approximate surface area is 114 Å². The smallest absolute Gasteiger partial charge is 0.372 e. The van der Waals surface area contributed by atoms with Crippen LogP contribution in [0, 0.1) is 18.6 Å². The van der Waals surface area contributed by atoms with Crippen molar-refractivity contribution in [3.8, 4) is 0 Å². The summed E-state index contributed by atoms with van der Waals surface area (Å²) in [5.41, 5.74) is 0.720. The molecule has 0 spiro atoms. The van der Waals surface area contributed by atoms with E-state index in [1.165, 1.54) is 0 Å². The lowest BCUT2D eigenvalue weighted by Gasteiger charge is -2.04. The van der Waals surface area contributed by atoms with E-state index in [0.717, 1.165) is 18.2 Å². The molecule has 2 N–H and O–H groups in total. The molecule has 0 saturated carbocycles. The second-order valence-electron chi connectivity index (χ2n) is 4.37. The van der Waals surface area contributed by atoms with Crippen molar-refractivity contribution in [2.45, 2.75) is 20.0 Å². The fourth-order valence-electron chi connectivity index (χ4n) is 1.85. The van der Waals surface area contributed by atoms with Crippen molar-refractivity contribution in [3.05, 3.63) is 58.5 Å². The van der Waals surface area contributed by atoms with Gasteiger partial charge in [0.1, 0.15) is 17.4 Å². The molecule has 0 amide bonds. The number of aryl methyl sites for hydroxylation is 1. The molecule has 20 heavy (non-hydrogen) atoms. The van der Waals surface area contributed by atoms with Gasteiger partial charge in [0.2, 0.25) is 5.76 Å². The molecule has 0 unspecified atom stereocenters. The lowest BCUT2D eigenvalue weighted by atomic mass is 10.2. The van der Waals surface area contributed by atoms with Crippen LogP contribution in [0.5, 0.6) is 0 Å². The molecule has 0 atom stereocenters. The Morgan fingerprint density at radius 1 is 1.30 bits per heavy atom. The molecular weight excluding hydrogens is 268 g/mol. The van der Waals surface area contributed by atoms with Crippen molar-refractivity contribution in [3.63, 3.8) is 0 Å². The fraction of sp³-hybridized carbons (Fsp3) is 0.214. The Balaban J connectivity index is 1.98. The number of aromatic carboxylic acids is 1. The van der Waals surface area contributed by atoms with E-state index in [-0.39, 0.29) is 24.4 Å². The molecule has 0 bridgehead atoms. The lowest BCUT2D eigenvalue weighted by molar-refractivity contribution is 0.0659. The Morgan fingerprint density at radius 3 is 2.70 bits per heavy atom. The third-order valence-corrected chi connectivity index (χ3v) is 2.79. The summed E-state index contributed by atoms with van der Waals surface area (Å²) in [6.45, 7) is 1.97. The van der Waals surface area contributed by atoms with Gasteiger partial charge < -0.3 is 14.8 Å². The monoisotopic (exact) mass is 281 g/mol. The maximum absolute atomic E-state index is 13.4. The lowest BCUT2D eigenvalue weighted by Crippen LogP contribution is -2.13. The van der Waals surface area contributed by atoms with E-state index >= 15 is 0 Å². The third-order valence-electron chi connectivity index (χ3n) is 2.79. The first-order valence-corrected chi connectivity index (χ1v) is 5.94. The summed E-state index contributed by atoms with van der Waals surface area (Å²) in [5.74, 6) is -1.83. The molecule has 0 aliphatic carbocycles. The van der Waals surface area contributed by atoms with Crippen molar-refractivity contribution in [2.75, 3.05) is 0 Å². The zero-order valence-electron chi connectivity index (χ0n) is 10.7. The molecule has 0 fully saturated rings. The zero-order valence-corrected chi connectivity index (χ0v) is 10.7. The van der Waals surface area contributed by atoms with Crippen LogP contribution < -0.4 is 5.32 Å². The van der Waals surface area contributed by atoms with Crippen molar-refractivity contribution in [1.82, 2.24) is 5.32 Å². The van der Waals surface area contributed by atoms with E-state index in [9.17, 15) is 13.6 Å². The van der Waals surface area contributed by atoms with Crippen LogP contribution in [0.25, 0.3) is 0 Å². The summed E-state index contributed by atoms with van der Waals surface area (Å²) >= 11 is 0. The highest BCUT2D eigenvalue weighted by molar-refractivity contribution is 5.86. The van der Waals surface area contributed by atoms with Gasteiger partial charge in [0, 0.05) is 17.7 Å². The number of rotatable bonds is 5. The number of hydrogen-bond acceptors (Lipinski definition) is 3. The van der Waals surface area contributed by atoms with E-state index in [0.29, 0.717) is 11.3 Å². The van der Waals surface area contributed by atoms with Crippen LogP contribution in [0.1, 0.15) is 27.4 Å². The average Bonchev–Trinajstić information content (AvgIpc) is 2.75. The van der Waals surface area contributed by atoms with Gasteiger partial charge in [-0.25, -0.2) is 13.6 Å². The Morgan fingerprint density at radius 2 is 2.05 bits per heavy atom. The van der Waals surface area contributed by atoms with Crippen LogP contribution >= 0.6 is 0 Å². The summed E-state index contributed by atoms with van der Waals surface area (Å²) in [6.07, 6.45) is 0. The SMILES string of the molecule is Cc1cc(CNCc2cc(F)ccc2F)oc1C(=O)O. The van der Waals surface area contributed by atoms with Gasteiger partial charge in [-0.3, -0.25) is 0 Å². The molecule has 0 radical (unpaired) electrons. The molecule has 106 valence electrons. The van der Waals surface area contributed by atoms with Crippen LogP contribution in [0.15, 0.2) is 28.7 Å². The standard InChI is InChI=1S/C14H13F2NO3/c1-8-4-11(20-13(8)14(18)19)7-17-6-9-5-10(15)2-3-12(9)16/h2-5,17H,6-7H2,1H3,(H,18,19). The number of carbonyl (C=O) groups is 1. The molecule has 0 aliphatic rings. The van der Waals surface area contributed by atoms with Crippen LogP contribution in [0.4, 0.5) is 8.78 Å². The average molecular weight is 281 g/mol. The molecule has 2 rings (SSSR count). The van der Waals surface area contributed by atoms with Crippen LogP contribution in [0.2, 0.25) is 0 Å². The molecule has 6 heteroatoms. The summed E-state index contributed by atoms with van der Waals surface area (Å²) in [6, 6.07) is 4.82. The Bertz CT molecular complexity index is 637. The van der Waals surface area contributed by atoms with Gasteiger partial charge in [-0.1, -0.05) is 0 Å². The number of carboxylic acids is 1. The van der Waals surface area contributed by atoms with Gasteiger partial charge in [0.15, 0.2) is 0 Å². The second-order valence-corrected chi connectivity index (χ2v) is 4.37. The molecule has 1 aromatic heterocycles. The highest BCUT2D eigenvalue weighted by atomic mass is 19.1. The first-order chi connectivity index (χ1) is 9.47. The van der Waals surface area contributed by atoms with Crippen molar-refractivity contribution in [1.29, 1.82) is 0 Å². The summed E-state index contributed by atoms with van der Waals surface area (Å²) in [5, 5.41) is 11.7. The highest BCUT2D eigenvalue weighted by Gasteiger charge is 2.14. The van der Waals surface area contributed by atoms with Gasteiger partial charge >= 0.3 is 5.97 Å². The van der Waals surface area contributed by atoms with Crippen LogP contribution in [-0.2, 0) is 13.1 Å². The number of carboxylic acid groups (broad SMARTS) is 1. The minimum atomic E-state index is -1.13. The van der Waals surface area contributed by atoms with Gasteiger partial charge in [-0.05, 0) is 31.2 Å². The maximum atomic E-state index is 13.4. The first kappa shape index (κ1) is 14.2. The normalized spacial score (nSPS) is 10.8. The molecular formula is C14H13F2NO3. The zero-order chi connectivity index (χ0) is 14.7. The van der Waals surface area contributed by atoms with Gasteiger partial charge in [0.25, 0.3) is 0 Å². The van der Waals surface area contributed by atoms with Crippen molar-refractivity contribution < 1.29 is 23.1 Å². The van der Waals surface area contributed by atoms with Crippen molar-refractivity contribution in [2.24, 2.45) is 0 Å². The number of halogens is 2. The molecule has 0 saturated heterocycles. The third kappa shape index (κ3) is 3.21. The van der Waals surface area contributed by atoms with Crippen LogP contribution in [-0.4, -0.2) is 11.1 Å². The second kappa shape index (κ2) is 5.83. The quantitative estimate of drug-likeness (QED) is 0.884. The van der Waals surface area contributed by atoms with E-state index < -0.39 is 17.6 Å². The Kier molecular flexibility index (Phi) is 4.14. The van der Waals surface area contributed by atoms with Gasteiger partial charge in [-0.15, -0.1) is 0 Å². The number of furan rings is 1. The molecule has 1 heterocycles. The predicted molar refractivity (Wildman–Crippen MR) is 67.3 cm³/mol. The van der Waals surface area contributed by atoms with E-state index in [1.54, 1.807) is 13.0 Å². The highest BCUT2D eigenvalue weighted by Crippen LogP contribution is 2.15. The van der Waals surface area contributed by atoms with Gasteiger partial charge in [0.05, 0.1) is 6.54 Å². The summed E-state index contributed by atoms with van der Waals surface area (Å²) < 4.78 is 31.5. The topological polar surface area (TPSA) is 62.5 Å². The minimum absolute atomic E-state index is 0.112. The molecule has 4 nitrogen and oxygen atoms in total. The maximum Gasteiger partial charge on any atom is 0.372 e. The van der Waals surface area contributed by atoms with Crippen LogP contribution in [0.3, 0.4) is 0 Å². The van der Waals surface area contributed by atoms with Crippen molar-refractivity contribution >= 4 is 5.97 Å². The minimum Gasteiger partial charge on any atom is -0.475 e. The number of nitrogens with one attached hydrogen (secondary N) is 1. The largest absolute Gasteiger partial charge is 0.475 e. The summed E-state index contributed by atoms with van der Waals surface area (Å²) in [4.78, 5) is 10.8. The predicted octanol–water partition coefficient (Wildman–Crippen LogP) is 2.85. The molecule has 1 aromatic carbocycles. The van der Waals surface area contributed by atoms with E-state index in [4.69, 9.17) is 9.52 Å². The molecule has 0 aliphatic heterocycles. The van der Waals surface area contributed by atoms with E-state index in [1.807, 2.05) is 0 Å². The Hall–Kier alpha value is -2.21.